The maximum absolute atomic E-state index is 10.3. The predicted octanol–water partition coefficient (Wildman–Crippen LogP) is 2.84. The topological polar surface area (TPSA) is 46.5 Å². The molecule has 0 unspecified atom stereocenters. The van der Waals surface area contributed by atoms with Crippen LogP contribution in [0, 0.1) is 0 Å². The van der Waals surface area contributed by atoms with E-state index in [0.29, 0.717) is 10.8 Å². The summed E-state index contributed by atoms with van der Waals surface area (Å²) in [6.07, 6.45) is 3.29. The number of carboxylic acids is 1. The fourth-order valence-electron chi connectivity index (χ4n) is 1.08. The van der Waals surface area contributed by atoms with Crippen molar-refractivity contribution in [3.8, 4) is 5.75 Å². The summed E-state index contributed by atoms with van der Waals surface area (Å²) in [4.78, 5) is 10.3. The van der Waals surface area contributed by atoms with Crippen LogP contribution in [-0.2, 0) is 4.79 Å². The van der Waals surface area contributed by atoms with Crippen LogP contribution in [-0.4, -0.2) is 18.2 Å². The first kappa shape index (κ1) is 11.6. The quantitative estimate of drug-likeness (QED) is 0.859. The summed E-state index contributed by atoms with van der Waals surface area (Å²) < 4.78 is 5.03. The van der Waals surface area contributed by atoms with E-state index in [4.69, 9.17) is 21.4 Å². The molecule has 3 nitrogen and oxygen atoms in total. The number of benzene rings is 1. The van der Waals surface area contributed by atoms with Crippen molar-refractivity contribution in [1.29, 1.82) is 0 Å². The molecule has 0 amide bonds. The molecule has 0 aromatic heterocycles. The van der Waals surface area contributed by atoms with Crippen molar-refractivity contribution in [2.24, 2.45) is 0 Å². The largest absolute Gasteiger partial charge is 0.495 e. The highest BCUT2D eigenvalue weighted by Crippen LogP contribution is 2.25. The summed E-state index contributed by atoms with van der Waals surface area (Å²) in [6, 6.07) is 5.25. The second kappa shape index (κ2) is 5.41. The first-order chi connectivity index (χ1) is 7.13. The molecule has 15 heavy (non-hydrogen) atoms. The van der Waals surface area contributed by atoms with Crippen LogP contribution in [0.25, 0.3) is 6.08 Å². The number of carbonyl (C=O) groups is 1. The molecular weight excluding hydrogens is 216 g/mol. The van der Waals surface area contributed by atoms with Gasteiger partial charge in [-0.2, -0.15) is 0 Å². The molecule has 0 radical (unpaired) electrons. The van der Waals surface area contributed by atoms with Gasteiger partial charge in [0.1, 0.15) is 5.75 Å². The Labute approximate surface area is 92.9 Å². The maximum Gasteiger partial charge on any atom is 0.307 e. The highest BCUT2D eigenvalue weighted by Gasteiger charge is 1.99. The van der Waals surface area contributed by atoms with Gasteiger partial charge in [0.15, 0.2) is 0 Å². The molecule has 0 bridgehead atoms. The Bertz CT molecular complexity index is 385. The Morgan fingerprint density at radius 1 is 1.60 bits per heavy atom. The average Bonchev–Trinajstić information content (AvgIpc) is 2.20. The molecule has 0 saturated carbocycles. The summed E-state index contributed by atoms with van der Waals surface area (Å²) in [5.41, 5.74) is 0.859. The number of rotatable bonds is 4. The summed E-state index contributed by atoms with van der Waals surface area (Å²) in [5, 5.41) is 8.97. The van der Waals surface area contributed by atoms with Gasteiger partial charge in [-0.3, -0.25) is 4.79 Å². The zero-order valence-electron chi connectivity index (χ0n) is 8.24. The van der Waals surface area contributed by atoms with E-state index >= 15 is 0 Å². The van der Waals surface area contributed by atoms with E-state index in [-0.39, 0.29) is 6.42 Å². The molecule has 0 fully saturated rings. The van der Waals surface area contributed by atoms with Crippen LogP contribution in [0.2, 0.25) is 5.02 Å². The number of halogens is 1. The lowest BCUT2D eigenvalue weighted by Crippen LogP contribution is -1.89. The van der Waals surface area contributed by atoms with Crippen molar-refractivity contribution in [3.05, 3.63) is 34.9 Å². The van der Waals surface area contributed by atoms with Gasteiger partial charge in [-0.1, -0.05) is 29.8 Å². The molecule has 0 aliphatic rings. The Hall–Kier alpha value is -1.48. The van der Waals surface area contributed by atoms with E-state index in [0.717, 1.165) is 5.56 Å². The molecule has 0 aliphatic heterocycles. The van der Waals surface area contributed by atoms with Gasteiger partial charge in [-0.15, -0.1) is 0 Å². The minimum Gasteiger partial charge on any atom is -0.495 e. The minimum absolute atomic E-state index is 0.00490. The van der Waals surface area contributed by atoms with Gasteiger partial charge >= 0.3 is 5.97 Å². The standard InChI is InChI=1S/C11H11ClO3/c1-15-10-7-8(5-6-9(10)12)3-2-4-11(13)14/h2-3,5-7H,4H2,1H3,(H,13,14). The van der Waals surface area contributed by atoms with Crippen LogP contribution in [0.4, 0.5) is 0 Å². The average molecular weight is 227 g/mol. The van der Waals surface area contributed by atoms with Crippen molar-refractivity contribution in [2.45, 2.75) is 6.42 Å². The third-order valence-electron chi connectivity index (χ3n) is 1.78. The number of hydrogen-bond donors (Lipinski definition) is 1. The lowest BCUT2D eigenvalue weighted by Gasteiger charge is -2.03. The van der Waals surface area contributed by atoms with E-state index in [1.54, 1.807) is 30.4 Å². The van der Waals surface area contributed by atoms with E-state index in [2.05, 4.69) is 0 Å². The Balaban J connectivity index is 2.78. The first-order valence-corrected chi connectivity index (χ1v) is 4.73. The monoisotopic (exact) mass is 226 g/mol. The van der Waals surface area contributed by atoms with Gasteiger partial charge in [0.2, 0.25) is 0 Å². The maximum atomic E-state index is 10.3. The summed E-state index contributed by atoms with van der Waals surface area (Å²) >= 11 is 5.84. The minimum atomic E-state index is -0.854. The fourth-order valence-corrected chi connectivity index (χ4v) is 1.27. The zero-order valence-corrected chi connectivity index (χ0v) is 8.99. The Kier molecular flexibility index (Phi) is 4.18. The van der Waals surface area contributed by atoms with Crippen LogP contribution in [0.3, 0.4) is 0 Å². The second-order valence-electron chi connectivity index (χ2n) is 2.89. The summed E-state index contributed by atoms with van der Waals surface area (Å²) in [5.74, 6) is -0.277. The summed E-state index contributed by atoms with van der Waals surface area (Å²) in [7, 11) is 1.53. The number of methoxy groups -OCH3 is 1. The second-order valence-corrected chi connectivity index (χ2v) is 3.30. The van der Waals surface area contributed by atoms with Crippen LogP contribution >= 0.6 is 11.6 Å². The molecule has 1 N–H and O–H groups in total. The Morgan fingerprint density at radius 2 is 2.33 bits per heavy atom. The molecule has 80 valence electrons. The lowest BCUT2D eigenvalue weighted by molar-refractivity contribution is -0.135. The highest BCUT2D eigenvalue weighted by molar-refractivity contribution is 6.32. The third kappa shape index (κ3) is 3.64. The highest BCUT2D eigenvalue weighted by atomic mass is 35.5. The van der Waals surface area contributed by atoms with Gasteiger partial charge in [0.25, 0.3) is 0 Å². The van der Waals surface area contributed by atoms with Crippen molar-refractivity contribution in [3.63, 3.8) is 0 Å². The number of aliphatic carboxylic acids is 1. The first-order valence-electron chi connectivity index (χ1n) is 4.35. The zero-order chi connectivity index (χ0) is 11.3. The molecule has 1 rings (SSSR count). The molecule has 0 heterocycles. The smallest absolute Gasteiger partial charge is 0.307 e. The lowest BCUT2D eigenvalue weighted by atomic mass is 10.2. The molecule has 0 atom stereocenters. The van der Waals surface area contributed by atoms with E-state index < -0.39 is 5.97 Å². The van der Waals surface area contributed by atoms with Crippen LogP contribution in [0.1, 0.15) is 12.0 Å². The van der Waals surface area contributed by atoms with E-state index in [1.165, 1.54) is 7.11 Å². The van der Waals surface area contributed by atoms with Gasteiger partial charge in [-0.05, 0) is 17.7 Å². The van der Waals surface area contributed by atoms with E-state index in [9.17, 15) is 4.79 Å². The van der Waals surface area contributed by atoms with E-state index in [1.807, 2.05) is 0 Å². The molecule has 4 heteroatoms. The van der Waals surface area contributed by atoms with Gasteiger partial charge < -0.3 is 9.84 Å². The van der Waals surface area contributed by atoms with Crippen LogP contribution < -0.4 is 4.74 Å². The van der Waals surface area contributed by atoms with Gasteiger partial charge in [0, 0.05) is 0 Å². The number of ether oxygens (including phenoxy) is 1. The van der Waals surface area contributed by atoms with Crippen molar-refractivity contribution < 1.29 is 14.6 Å². The molecular formula is C11H11ClO3. The molecule has 0 saturated heterocycles. The third-order valence-corrected chi connectivity index (χ3v) is 2.09. The SMILES string of the molecule is COc1cc(C=CCC(=O)O)ccc1Cl. The normalized spacial score (nSPS) is 10.5. The summed E-state index contributed by atoms with van der Waals surface area (Å²) in [6.45, 7) is 0. The van der Waals surface area contributed by atoms with Crippen molar-refractivity contribution in [2.75, 3.05) is 7.11 Å². The molecule has 0 spiro atoms. The number of carboxylic acid groups (broad SMARTS) is 1. The van der Waals surface area contributed by atoms with Crippen LogP contribution in [0.15, 0.2) is 24.3 Å². The Morgan fingerprint density at radius 3 is 2.93 bits per heavy atom. The molecule has 1 aromatic carbocycles. The van der Waals surface area contributed by atoms with Crippen molar-refractivity contribution in [1.82, 2.24) is 0 Å². The number of hydrogen-bond acceptors (Lipinski definition) is 2. The van der Waals surface area contributed by atoms with Gasteiger partial charge in [-0.25, -0.2) is 0 Å². The van der Waals surface area contributed by atoms with Crippen LogP contribution in [0.5, 0.6) is 5.75 Å². The van der Waals surface area contributed by atoms with Gasteiger partial charge in [0.05, 0.1) is 18.6 Å². The molecule has 1 aromatic rings. The molecule has 0 aliphatic carbocycles. The predicted molar refractivity (Wildman–Crippen MR) is 59.3 cm³/mol. The fraction of sp³-hybridized carbons (Fsp3) is 0.182. The van der Waals surface area contributed by atoms with Crippen molar-refractivity contribution >= 4 is 23.6 Å².